The molecule has 1 nitrogen and oxygen atoms in total. The molecule has 0 amide bonds. The molecule has 0 spiro atoms. The minimum Gasteiger partial charge on any atom is -0.492 e. The van der Waals surface area contributed by atoms with E-state index in [-0.39, 0.29) is 0 Å². The molecule has 1 rings (SSSR count). The predicted octanol–water partition coefficient (Wildman–Crippen LogP) is 3.93. The molecule has 0 saturated carbocycles. The summed E-state index contributed by atoms with van der Waals surface area (Å²) in [6.45, 7) is 3.04. The van der Waals surface area contributed by atoms with Gasteiger partial charge in [-0.15, -0.1) is 12.1 Å². The van der Waals surface area contributed by atoms with Gasteiger partial charge in [0.1, 0.15) is 5.75 Å². The van der Waals surface area contributed by atoms with E-state index in [1.54, 1.807) is 0 Å². The first-order chi connectivity index (χ1) is 7.71. The second-order valence-electron chi connectivity index (χ2n) is 4.25. The van der Waals surface area contributed by atoms with Crippen molar-refractivity contribution in [1.29, 1.82) is 0 Å². The third-order valence-electron chi connectivity index (χ3n) is 2.47. The number of halogens is 3. The lowest BCUT2D eigenvalue weighted by molar-refractivity contribution is 0.342. The van der Waals surface area contributed by atoms with Gasteiger partial charge in [-0.05, 0) is 31.9 Å². The highest BCUT2D eigenvalue weighted by molar-refractivity contribution is 6.66. The van der Waals surface area contributed by atoms with E-state index in [0.717, 1.165) is 16.7 Å². The maximum absolute atomic E-state index is 12.3. The van der Waals surface area contributed by atoms with Gasteiger partial charge in [0.2, 0.25) is 0 Å². The van der Waals surface area contributed by atoms with Crippen molar-refractivity contribution in [3.8, 4) is 5.75 Å². The fourth-order valence-electron chi connectivity index (χ4n) is 1.65. The molecule has 5 heteroatoms. The molecule has 0 N–H and O–H groups in total. The van der Waals surface area contributed by atoms with E-state index < -0.39 is 19.1 Å². The molecule has 0 saturated heterocycles. The molecule has 0 atom stereocenters. The van der Waals surface area contributed by atoms with Crippen molar-refractivity contribution in [3.05, 3.63) is 40.9 Å². The van der Waals surface area contributed by atoms with Crippen LogP contribution in [0.1, 0.15) is 16.7 Å². The van der Waals surface area contributed by atoms with Crippen LogP contribution in [0.5, 0.6) is 5.75 Å². The van der Waals surface area contributed by atoms with Crippen molar-refractivity contribution in [2.24, 2.45) is 0 Å². The Hall–Kier alpha value is -1.39. The molecule has 1 aromatic rings. The van der Waals surface area contributed by atoms with Gasteiger partial charge >= 0.3 is 6.98 Å². The van der Waals surface area contributed by atoms with Crippen LogP contribution in [0.25, 0.3) is 0 Å². The van der Waals surface area contributed by atoms with E-state index >= 15 is 0 Å². The number of hydrogen-bond donors (Lipinski definition) is 0. The lowest BCUT2D eigenvalue weighted by Gasteiger charge is -2.20. The highest BCUT2D eigenvalue weighted by Crippen LogP contribution is 2.26. The summed E-state index contributed by atoms with van der Waals surface area (Å²) in [5, 5.41) is 0. The molecule has 0 heterocycles. The first-order valence-electron chi connectivity index (χ1n) is 5.30. The van der Waals surface area contributed by atoms with Crippen LogP contribution in [0.2, 0.25) is 0 Å². The molecule has 0 aliphatic carbocycles. The van der Waals surface area contributed by atoms with Crippen molar-refractivity contribution in [3.63, 3.8) is 0 Å². The third kappa shape index (κ3) is 3.54. The fourth-order valence-corrected chi connectivity index (χ4v) is 1.65. The van der Waals surface area contributed by atoms with E-state index in [2.05, 4.69) is 6.58 Å². The largest absolute Gasteiger partial charge is 0.508 e. The average Bonchev–Trinajstić information content (AvgIpc) is 2.13. The van der Waals surface area contributed by atoms with Crippen LogP contribution in [0.15, 0.2) is 24.2 Å². The van der Waals surface area contributed by atoms with Crippen molar-refractivity contribution in [2.45, 2.75) is 20.8 Å². The van der Waals surface area contributed by atoms with Gasteiger partial charge in [-0.1, -0.05) is 17.7 Å². The van der Waals surface area contributed by atoms with Crippen LogP contribution >= 0.6 is 0 Å². The maximum atomic E-state index is 12.3. The lowest BCUT2D eigenvalue weighted by atomic mass is 9.81. The van der Waals surface area contributed by atoms with Crippen LogP contribution < -0.4 is 4.74 Å². The van der Waals surface area contributed by atoms with Gasteiger partial charge in [0.15, 0.2) is 0 Å². The van der Waals surface area contributed by atoms with E-state index in [9.17, 15) is 12.9 Å². The van der Waals surface area contributed by atoms with Gasteiger partial charge in [-0.2, -0.15) is 0 Å². The zero-order chi connectivity index (χ0) is 13.2. The van der Waals surface area contributed by atoms with Crippen LogP contribution in [0.4, 0.5) is 12.9 Å². The Kier molecular flexibility index (Phi) is 3.91. The number of aryl methyl sites for hydroxylation is 3. The first-order valence-corrected chi connectivity index (χ1v) is 5.30. The summed E-state index contributed by atoms with van der Waals surface area (Å²) in [6, 6.07) is 3.76. The summed E-state index contributed by atoms with van der Waals surface area (Å²) in [6.07, 6.45) is 0. The SMILES string of the molecule is C=C(COc1c(C)cc(C)cc1C)[B-](F)(F)F. The second kappa shape index (κ2) is 4.86. The molecular weight excluding hydrogens is 228 g/mol. The van der Waals surface area contributed by atoms with Gasteiger partial charge in [-0.25, -0.2) is 0 Å². The van der Waals surface area contributed by atoms with Crippen molar-refractivity contribution in [1.82, 2.24) is 0 Å². The molecule has 0 aromatic heterocycles. The molecule has 0 aliphatic rings. The molecule has 0 bridgehead atoms. The lowest BCUT2D eigenvalue weighted by Crippen LogP contribution is -2.23. The van der Waals surface area contributed by atoms with E-state index in [0.29, 0.717) is 5.75 Å². The van der Waals surface area contributed by atoms with Crippen molar-refractivity contribution in [2.75, 3.05) is 6.61 Å². The number of benzene rings is 1. The molecule has 0 unspecified atom stereocenters. The Labute approximate surface area is 99.3 Å². The van der Waals surface area contributed by atoms with Crippen LogP contribution in [0, 0.1) is 20.8 Å². The van der Waals surface area contributed by atoms with E-state index in [4.69, 9.17) is 4.74 Å². The van der Waals surface area contributed by atoms with Gasteiger partial charge in [-0.3, -0.25) is 0 Å². The Morgan fingerprint density at radius 1 is 1.18 bits per heavy atom. The summed E-state index contributed by atoms with van der Waals surface area (Å²) in [4.78, 5) is 0. The highest BCUT2D eigenvalue weighted by Gasteiger charge is 2.27. The molecule has 0 fully saturated rings. The summed E-state index contributed by atoms with van der Waals surface area (Å²) in [7, 11) is 0. The normalized spacial score (nSPS) is 11.4. The maximum Gasteiger partial charge on any atom is 0.508 e. The molecule has 94 valence electrons. The van der Waals surface area contributed by atoms with Gasteiger partial charge in [0.05, 0.1) is 6.61 Å². The van der Waals surface area contributed by atoms with Gasteiger partial charge in [0, 0.05) is 0 Å². The zero-order valence-electron chi connectivity index (χ0n) is 10.2. The summed E-state index contributed by atoms with van der Waals surface area (Å²) in [5.74, 6) is 0.511. The minimum atomic E-state index is -5.02. The Morgan fingerprint density at radius 2 is 1.65 bits per heavy atom. The number of ether oxygens (including phenoxy) is 1. The average molecular weight is 243 g/mol. The number of hydrogen-bond acceptors (Lipinski definition) is 1. The van der Waals surface area contributed by atoms with Gasteiger partial charge < -0.3 is 17.7 Å². The Balaban J connectivity index is 2.80. The zero-order valence-corrected chi connectivity index (χ0v) is 10.2. The van der Waals surface area contributed by atoms with Crippen LogP contribution in [-0.2, 0) is 0 Å². The smallest absolute Gasteiger partial charge is 0.492 e. The molecular formula is C12H15BF3O-. The molecule has 1 aromatic carbocycles. The van der Waals surface area contributed by atoms with Crippen molar-refractivity contribution >= 4 is 6.98 Å². The number of rotatable bonds is 4. The summed E-state index contributed by atoms with van der Waals surface area (Å²) < 4.78 is 42.1. The standard InChI is InChI=1S/C12H15BF3O/c1-8-5-9(2)12(10(3)6-8)17-7-11(4)13(14,15)16/h5-6H,4,7H2,1-3H3/q-1. The van der Waals surface area contributed by atoms with Crippen LogP contribution in [-0.4, -0.2) is 13.6 Å². The summed E-state index contributed by atoms with van der Waals surface area (Å²) in [5.41, 5.74) is 1.92. The van der Waals surface area contributed by atoms with E-state index in [1.807, 2.05) is 32.9 Å². The summed E-state index contributed by atoms with van der Waals surface area (Å²) >= 11 is 0. The molecule has 0 aliphatic heterocycles. The molecule has 17 heavy (non-hydrogen) atoms. The van der Waals surface area contributed by atoms with Gasteiger partial charge in [0.25, 0.3) is 0 Å². The highest BCUT2D eigenvalue weighted by atomic mass is 19.4. The second-order valence-corrected chi connectivity index (χ2v) is 4.25. The monoisotopic (exact) mass is 243 g/mol. The quantitative estimate of drug-likeness (QED) is 0.728. The first kappa shape index (κ1) is 13.7. The third-order valence-corrected chi connectivity index (χ3v) is 2.47. The topological polar surface area (TPSA) is 9.23 Å². The fraction of sp³-hybridized carbons (Fsp3) is 0.333. The van der Waals surface area contributed by atoms with E-state index in [1.165, 1.54) is 0 Å². The van der Waals surface area contributed by atoms with Crippen LogP contribution in [0.3, 0.4) is 0 Å². The minimum absolute atomic E-state index is 0.506. The van der Waals surface area contributed by atoms with Crippen molar-refractivity contribution < 1.29 is 17.7 Å². The molecule has 0 radical (unpaired) electrons. The Morgan fingerprint density at radius 3 is 2.06 bits per heavy atom. The predicted molar refractivity (Wildman–Crippen MR) is 64.4 cm³/mol. The Bertz CT molecular complexity index is 415.